The van der Waals surface area contributed by atoms with E-state index in [4.69, 9.17) is 6.42 Å². The number of nitrogens with zero attached hydrogens (tertiary/aromatic N) is 1. The van der Waals surface area contributed by atoms with Gasteiger partial charge in [-0.25, -0.2) is 0 Å². The Kier molecular flexibility index (Phi) is 4.20. The maximum atomic E-state index is 11.9. The molecule has 3 nitrogen and oxygen atoms in total. The van der Waals surface area contributed by atoms with Crippen molar-refractivity contribution in [2.24, 2.45) is 17.3 Å². The summed E-state index contributed by atoms with van der Waals surface area (Å²) in [4.78, 5) is 14.3. The zero-order valence-corrected chi connectivity index (χ0v) is 12.4. The zero-order chi connectivity index (χ0) is 14.0. The summed E-state index contributed by atoms with van der Waals surface area (Å²) in [6, 6.07) is 0.493. The predicted octanol–water partition coefficient (Wildman–Crippen LogP) is 1.88. The number of fused-ring (bicyclic) bond motifs is 3. The van der Waals surface area contributed by atoms with Gasteiger partial charge in [-0.2, -0.15) is 0 Å². The molecule has 3 saturated heterocycles. The largest absolute Gasteiger partial charge is 0.355 e. The van der Waals surface area contributed by atoms with Gasteiger partial charge in [0, 0.05) is 31.5 Å². The van der Waals surface area contributed by atoms with Gasteiger partial charge < -0.3 is 5.32 Å². The minimum Gasteiger partial charge on any atom is -0.355 e. The van der Waals surface area contributed by atoms with Gasteiger partial charge in [0.15, 0.2) is 0 Å². The summed E-state index contributed by atoms with van der Waals surface area (Å²) in [7, 11) is 0. The molecular weight excluding hydrogens is 236 g/mol. The molecule has 0 spiro atoms. The summed E-state index contributed by atoms with van der Waals surface area (Å²) >= 11 is 0. The highest BCUT2D eigenvalue weighted by Crippen LogP contribution is 2.35. The van der Waals surface area contributed by atoms with Crippen molar-refractivity contribution in [1.29, 1.82) is 0 Å². The highest BCUT2D eigenvalue weighted by molar-refractivity contribution is 5.76. The first-order chi connectivity index (χ1) is 8.89. The van der Waals surface area contributed by atoms with Crippen LogP contribution in [0.25, 0.3) is 0 Å². The van der Waals surface area contributed by atoms with E-state index < -0.39 is 0 Å². The Labute approximate surface area is 117 Å². The molecule has 3 heteroatoms. The molecule has 3 rings (SSSR count). The third-order valence-electron chi connectivity index (χ3n) is 4.32. The van der Waals surface area contributed by atoms with Gasteiger partial charge in [-0.05, 0) is 30.7 Å². The van der Waals surface area contributed by atoms with E-state index in [0.717, 1.165) is 26.1 Å². The van der Waals surface area contributed by atoms with Crippen molar-refractivity contribution in [2.75, 3.05) is 19.6 Å². The minimum atomic E-state index is 0.0600. The second kappa shape index (κ2) is 5.54. The quantitative estimate of drug-likeness (QED) is 0.788. The van der Waals surface area contributed by atoms with E-state index in [1.165, 1.54) is 6.42 Å². The lowest BCUT2D eigenvalue weighted by Gasteiger charge is -2.48. The van der Waals surface area contributed by atoms with Gasteiger partial charge >= 0.3 is 0 Å². The van der Waals surface area contributed by atoms with Crippen LogP contribution in [0.1, 0.15) is 40.0 Å². The van der Waals surface area contributed by atoms with Gasteiger partial charge in [-0.1, -0.05) is 20.8 Å². The molecule has 1 amide bonds. The topological polar surface area (TPSA) is 32.3 Å². The number of nitrogens with one attached hydrogen (secondary N) is 1. The molecule has 0 radical (unpaired) electrons. The van der Waals surface area contributed by atoms with Crippen molar-refractivity contribution in [1.82, 2.24) is 10.2 Å². The molecule has 0 aromatic heterocycles. The maximum Gasteiger partial charge on any atom is 0.220 e. The van der Waals surface area contributed by atoms with Crippen LogP contribution in [0, 0.1) is 29.6 Å². The zero-order valence-electron chi connectivity index (χ0n) is 12.4. The average molecular weight is 262 g/mol. The van der Waals surface area contributed by atoms with Crippen molar-refractivity contribution >= 4 is 5.91 Å². The molecule has 0 aromatic rings. The summed E-state index contributed by atoms with van der Waals surface area (Å²) in [5, 5.41) is 3.09. The second-order valence-corrected chi connectivity index (χ2v) is 7.25. The molecular formula is C16H26N2O. The Morgan fingerprint density at radius 2 is 2.21 bits per heavy atom. The number of carbonyl (C=O) groups excluding carboxylic acids is 1. The lowest BCUT2D eigenvalue weighted by atomic mass is 9.76. The van der Waals surface area contributed by atoms with E-state index in [1.807, 2.05) is 0 Å². The van der Waals surface area contributed by atoms with E-state index in [0.29, 0.717) is 24.3 Å². The van der Waals surface area contributed by atoms with Crippen LogP contribution in [-0.4, -0.2) is 36.5 Å². The van der Waals surface area contributed by atoms with Crippen LogP contribution in [0.3, 0.4) is 0 Å². The number of rotatable bonds is 3. The summed E-state index contributed by atoms with van der Waals surface area (Å²) < 4.78 is 0. The summed E-state index contributed by atoms with van der Waals surface area (Å²) in [6.45, 7) is 9.22. The average Bonchev–Trinajstić information content (AvgIpc) is 2.35. The lowest BCUT2D eigenvalue weighted by molar-refractivity contribution is -0.123. The van der Waals surface area contributed by atoms with E-state index >= 15 is 0 Å². The first kappa shape index (κ1) is 14.4. The molecule has 3 heterocycles. The molecule has 4 atom stereocenters. The van der Waals surface area contributed by atoms with Crippen LogP contribution in [0.15, 0.2) is 0 Å². The van der Waals surface area contributed by atoms with E-state index in [2.05, 4.69) is 36.9 Å². The van der Waals surface area contributed by atoms with Crippen LogP contribution in [0.5, 0.6) is 0 Å². The number of terminal acetylenes is 1. The Balaban J connectivity index is 1.79. The van der Waals surface area contributed by atoms with E-state index in [9.17, 15) is 4.79 Å². The Hall–Kier alpha value is -1.01. The molecule has 0 aliphatic carbocycles. The van der Waals surface area contributed by atoms with Crippen LogP contribution in [-0.2, 0) is 4.79 Å². The van der Waals surface area contributed by atoms with Gasteiger partial charge in [0.1, 0.15) is 0 Å². The standard InChI is InChI=1S/C16H26N2O/c1-5-12-11-18-7-6-13(12)8-14(18)10-17-15(19)9-16(2,3)4/h1,12-14H,6-11H2,2-4H3,(H,17,19). The van der Waals surface area contributed by atoms with Crippen molar-refractivity contribution < 1.29 is 4.79 Å². The van der Waals surface area contributed by atoms with Crippen LogP contribution < -0.4 is 5.32 Å². The number of hydrogen-bond donors (Lipinski definition) is 1. The van der Waals surface area contributed by atoms with Gasteiger partial charge in [0.25, 0.3) is 0 Å². The molecule has 1 N–H and O–H groups in total. The van der Waals surface area contributed by atoms with Gasteiger partial charge in [0.05, 0.1) is 0 Å². The molecule has 0 aromatic carbocycles. The van der Waals surface area contributed by atoms with E-state index in [-0.39, 0.29) is 11.3 Å². The SMILES string of the molecule is C#CC1CN2CCC1CC2CNC(=O)CC(C)(C)C. The number of hydrogen-bond acceptors (Lipinski definition) is 2. The molecule has 3 aliphatic heterocycles. The maximum absolute atomic E-state index is 11.9. The fraction of sp³-hybridized carbons (Fsp3) is 0.812. The third-order valence-corrected chi connectivity index (χ3v) is 4.32. The Morgan fingerprint density at radius 1 is 1.47 bits per heavy atom. The molecule has 3 aliphatic rings. The van der Waals surface area contributed by atoms with Crippen molar-refractivity contribution in [3.8, 4) is 12.3 Å². The normalized spacial score (nSPS) is 33.8. The summed E-state index contributed by atoms with van der Waals surface area (Å²) in [5.74, 6) is 4.19. The molecule has 4 unspecified atom stereocenters. The van der Waals surface area contributed by atoms with Crippen molar-refractivity contribution in [3.63, 3.8) is 0 Å². The highest BCUT2D eigenvalue weighted by atomic mass is 16.1. The van der Waals surface area contributed by atoms with Gasteiger partial charge in [-0.15, -0.1) is 12.3 Å². The molecule has 2 bridgehead atoms. The fourth-order valence-corrected chi connectivity index (χ4v) is 3.32. The Morgan fingerprint density at radius 3 is 2.74 bits per heavy atom. The minimum absolute atomic E-state index is 0.0600. The molecule has 3 fully saturated rings. The second-order valence-electron chi connectivity index (χ2n) is 7.25. The van der Waals surface area contributed by atoms with Crippen molar-refractivity contribution in [2.45, 2.75) is 46.1 Å². The van der Waals surface area contributed by atoms with Crippen LogP contribution in [0.2, 0.25) is 0 Å². The Bertz CT molecular complexity index is 377. The lowest BCUT2D eigenvalue weighted by Crippen LogP contribution is -2.56. The molecule has 106 valence electrons. The number of piperidine rings is 3. The fourth-order valence-electron chi connectivity index (χ4n) is 3.32. The monoisotopic (exact) mass is 262 g/mol. The van der Waals surface area contributed by atoms with Gasteiger partial charge in [0.2, 0.25) is 5.91 Å². The van der Waals surface area contributed by atoms with Crippen LogP contribution >= 0.6 is 0 Å². The predicted molar refractivity (Wildman–Crippen MR) is 77.5 cm³/mol. The molecule has 19 heavy (non-hydrogen) atoms. The van der Waals surface area contributed by atoms with Crippen LogP contribution in [0.4, 0.5) is 0 Å². The number of amides is 1. The first-order valence-corrected chi connectivity index (χ1v) is 7.36. The van der Waals surface area contributed by atoms with Crippen molar-refractivity contribution in [3.05, 3.63) is 0 Å². The summed E-state index contributed by atoms with van der Waals surface area (Å²) in [6.07, 6.45) is 8.54. The first-order valence-electron chi connectivity index (χ1n) is 7.36. The van der Waals surface area contributed by atoms with Gasteiger partial charge in [-0.3, -0.25) is 9.69 Å². The summed E-state index contributed by atoms with van der Waals surface area (Å²) in [5.41, 5.74) is 0.0600. The van der Waals surface area contributed by atoms with E-state index in [1.54, 1.807) is 0 Å². The molecule has 0 saturated carbocycles. The number of carbonyl (C=O) groups is 1. The smallest absolute Gasteiger partial charge is 0.220 e. The third kappa shape index (κ3) is 3.73. The highest BCUT2D eigenvalue weighted by Gasteiger charge is 2.39.